The third kappa shape index (κ3) is 5.49. The monoisotopic (exact) mass is 370 g/mol. The lowest BCUT2D eigenvalue weighted by molar-refractivity contribution is -0.139. The van der Waals surface area contributed by atoms with E-state index in [0.29, 0.717) is 24.3 Å². The molecule has 2 aliphatic rings. The Labute approximate surface area is 147 Å². The van der Waals surface area contributed by atoms with Crippen LogP contribution in [0.2, 0.25) is 0 Å². The second-order valence-corrected chi connectivity index (χ2v) is 8.85. The van der Waals surface area contributed by atoms with Gasteiger partial charge in [-0.1, -0.05) is 12.1 Å². The number of nitrogens with zero attached hydrogens (tertiary/aromatic N) is 1. The fourth-order valence-corrected chi connectivity index (χ4v) is 4.64. The van der Waals surface area contributed by atoms with Crippen molar-refractivity contribution < 1.29 is 22.7 Å². The third-order valence-electron chi connectivity index (χ3n) is 4.77. The van der Waals surface area contributed by atoms with Crippen LogP contribution in [0.5, 0.6) is 0 Å². The van der Waals surface area contributed by atoms with Gasteiger partial charge in [-0.3, -0.25) is 9.69 Å². The van der Waals surface area contributed by atoms with Gasteiger partial charge in [0.15, 0.2) is 0 Å². The number of aliphatic carboxylic acids is 1. The van der Waals surface area contributed by atoms with Crippen LogP contribution in [-0.4, -0.2) is 49.6 Å². The van der Waals surface area contributed by atoms with Crippen molar-refractivity contribution >= 4 is 16.0 Å². The fraction of sp³-hybridized carbons (Fsp3) is 0.588. The average Bonchev–Trinajstić information content (AvgIpc) is 3.27. The molecule has 0 spiro atoms. The second kappa shape index (κ2) is 7.39. The average molecular weight is 370 g/mol. The van der Waals surface area contributed by atoms with Crippen LogP contribution < -0.4 is 4.72 Å². The number of rotatable bonds is 9. The quantitative estimate of drug-likeness (QED) is 0.689. The SMILES string of the molecule is O=C(O)CN(CC1CC1)C1CC(NS(=O)(=O)Cc2ccc(F)cc2)C1. The first-order valence-corrected chi connectivity index (χ1v) is 10.2. The van der Waals surface area contributed by atoms with Crippen LogP contribution in [0.3, 0.4) is 0 Å². The van der Waals surface area contributed by atoms with Crippen LogP contribution >= 0.6 is 0 Å². The highest BCUT2D eigenvalue weighted by Crippen LogP contribution is 2.34. The Hall–Kier alpha value is -1.51. The largest absolute Gasteiger partial charge is 0.480 e. The minimum Gasteiger partial charge on any atom is -0.480 e. The van der Waals surface area contributed by atoms with Gasteiger partial charge in [-0.15, -0.1) is 0 Å². The van der Waals surface area contributed by atoms with Gasteiger partial charge >= 0.3 is 5.97 Å². The molecule has 3 rings (SSSR count). The zero-order valence-electron chi connectivity index (χ0n) is 13.9. The fourth-order valence-electron chi connectivity index (χ4n) is 3.23. The minimum absolute atomic E-state index is 0.0101. The summed E-state index contributed by atoms with van der Waals surface area (Å²) in [5, 5.41) is 9.04. The number of sulfonamides is 1. The molecule has 0 amide bonds. The van der Waals surface area contributed by atoms with Gasteiger partial charge in [0.25, 0.3) is 0 Å². The first-order chi connectivity index (χ1) is 11.8. The molecule has 0 aromatic heterocycles. The molecule has 0 atom stereocenters. The maximum absolute atomic E-state index is 12.9. The van der Waals surface area contributed by atoms with Gasteiger partial charge in [0.2, 0.25) is 10.0 Å². The number of carbonyl (C=O) groups is 1. The molecule has 2 N–H and O–H groups in total. The second-order valence-electron chi connectivity index (χ2n) is 7.09. The Morgan fingerprint density at radius 1 is 1.24 bits per heavy atom. The summed E-state index contributed by atoms with van der Waals surface area (Å²) in [4.78, 5) is 13.0. The summed E-state index contributed by atoms with van der Waals surface area (Å²) in [5.74, 6) is -0.838. The lowest BCUT2D eigenvalue weighted by Gasteiger charge is -2.42. The smallest absolute Gasteiger partial charge is 0.317 e. The Kier molecular flexibility index (Phi) is 5.41. The molecule has 0 unspecified atom stereocenters. The van der Waals surface area contributed by atoms with Crippen molar-refractivity contribution in [2.45, 2.75) is 43.5 Å². The van der Waals surface area contributed by atoms with E-state index in [-0.39, 0.29) is 24.4 Å². The van der Waals surface area contributed by atoms with E-state index in [9.17, 15) is 17.6 Å². The lowest BCUT2D eigenvalue weighted by atomic mass is 9.86. The lowest BCUT2D eigenvalue weighted by Crippen LogP contribution is -2.55. The molecule has 0 saturated heterocycles. The highest BCUT2D eigenvalue weighted by atomic mass is 32.2. The van der Waals surface area contributed by atoms with Crippen molar-refractivity contribution in [3.8, 4) is 0 Å². The van der Waals surface area contributed by atoms with Crippen molar-refractivity contribution in [3.63, 3.8) is 0 Å². The molecule has 1 aromatic carbocycles. The summed E-state index contributed by atoms with van der Waals surface area (Å²) >= 11 is 0. The van der Waals surface area contributed by atoms with E-state index in [1.54, 1.807) is 0 Å². The molecule has 8 heteroatoms. The van der Waals surface area contributed by atoms with Crippen LogP contribution in [0, 0.1) is 11.7 Å². The summed E-state index contributed by atoms with van der Waals surface area (Å²) in [7, 11) is -3.50. The van der Waals surface area contributed by atoms with Gasteiger partial charge in [0.1, 0.15) is 5.82 Å². The van der Waals surface area contributed by atoms with E-state index in [2.05, 4.69) is 4.72 Å². The van der Waals surface area contributed by atoms with E-state index < -0.39 is 21.8 Å². The Bertz CT molecular complexity index is 713. The molecule has 0 heterocycles. The van der Waals surface area contributed by atoms with Gasteiger partial charge < -0.3 is 5.11 Å². The van der Waals surface area contributed by atoms with Gasteiger partial charge in [-0.25, -0.2) is 17.5 Å². The predicted molar refractivity (Wildman–Crippen MR) is 90.9 cm³/mol. The zero-order valence-corrected chi connectivity index (χ0v) is 14.7. The van der Waals surface area contributed by atoms with Gasteiger partial charge in [-0.05, 0) is 49.3 Å². The number of halogens is 1. The van der Waals surface area contributed by atoms with Crippen molar-refractivity contribution in [2.24, 2.45) is 5.92 Å². The van der Waals surface area contributed by atoms with Gasteiger partial charge in [0.05, 0.1) is 12.3 Å². The normalized spacial score (nSPS) is 23.4. The van der Waals surface area contributed by atoms with E-state index in [4.69, 9.17) is 5.11 Å². The molecule has 0 aliphatic heterocycles. The molecule has 25 heavy (non-hydrogen) atoms. The predicted octanol–water partition coefficient (Wildman–Crippen LogP) is 1.57. The van der Waals surface area contributed by atoms with E-state index in [1.807, 2.05) is 4.90 Å². The van der Waals surface area contributed by atoms with Crippen LogP contribution in [0.4, 0.5) is 4.39 Å². The highest BCUT2D eigenvalue weighted by molar-refractivity contribution is 7.88. The number of carboxylic acid groups (broad SMARTS) is 1. The van der Waals surface area contributed by atoms with Crippen molar-refractivity contribution in [1.82, 2.24) is 9.62 Å². The van der Waals surface area contributed by atoms with Crippen LogP contribution in [-0.2, 0) is 20.6 Å². The molecular formula is C17H23FN2O4S. The molecule has 138 valence electrons. The number of carboxylic acids is 1. The first kappa shape index (κ1) is 18.3. The highest BCUT2D eigenvalue weighted by Gasteiger charge is 2.38. The van der Waals surface area contributed by atoms with Crippen molar-refractivity contribution in [1.29, 1.82) is 0 Å². The maximum atomic E-state index is 12.9. The van der Waals surface area contributed by atoms with Crippen LogP contribution in [0.1, 0.15) is 31.2 Å². The number of nitrogens with one attached hydrogen (secondary N) is 1. The summed E-state index contributed by atoms with van der Waals surface area (Å²) in [5.41, 5.74) is 0.533. The van der Waals surface area contributed by atoms with Crippen LogP contribution in [0.15, 0.2) is 24.3 Å². The molecule has 1 aromatic rings. The minimum atomic E-state index is -3.50. The molecule has 0 bridgehead atoms. The Morgan fingerprint density at radius 3 is 2.44 bits per heavy atom. The van der Waals surface area contributed by atoms with Crippen molar-refractivity contribution in [3.05, 3.63) is 35.6 Å². The maximum Gasteiger partial charge on any atom is 0.317 e. The standard InChI is InChI=1S/C17H23FN2O4S/c18-14-5-3-13(4-6-14)11-25(23,24)19-15-7-16(8-15)20(10-17(21)22)9-12-1-2-12/h3-6,12,15-16,19H,1-2,7-11H2,(H,21,22). The number of hydrogen-bond donors (Lipinski definition) is 2. The topological polar surface area (TPSA) is 86.7 Å². The molecule has 6 nitrogen and oxygen atoms in total. The molecule has 0 radical (unpaired) electrons. The molecular weight excluding hydrogens is 347 g/mol. The van der Waals surface area contributed by atoms with E-state index >= 15 is 0 Å². The number of hydrogen-bond acceptors (Lipinski definition) is 4. The number of benzene rings is 1. The van der Waals surface area contributed by atoms with Crippen molar-refractivity contribution in [2.75, 3.05) is 13.1 Å². The van der Waals surface area contributed by atoms with E-state index in [1.165, 1.54) is 24.3 Å². The molecule has 2 aliphatic carbocycles. The Morgan fingerprint density at radius 2 is 1.88 bits per heavy atom. The first-order valence-electron chi connectivity index (χ1n) is 8.51. The Balaban J connectivity index is 1.49. The summed E-state index contributed by atoms with van der Waals surface area (Å²) < 4.78 is 40.0. The third-order valence-corrected chi connectivity index (χ3v) is 6.18. The summed E-state index contributed by atoms with van der Waals surface area (Å²) in [6, 6.07) is 5.36. The summed E-state index contributed by atoms with van der Waals surface area (Å²) in [6.07, 6.45) is 3.55. The van der Waals surface area contributed by atoms with E-state index in [0.717, 1.165) is 19.4 Å². The van der Waals surface area contributed by atoms with Gasteiger partial charge in [-0.2, -0.15) is 0 Å². The molecule has 2 saturated carbocycles. The summed E-state index contributed by atoms with van der Waals surface area (Å²) in [6.45, 7) is 0.794. The van der Waals surface area contributed by atoms with Gasteiger partial charge in [0, 0.05) is 18.6 Å². The van der Waals surface area contributed by atoms with Crippen LogP contribution in [0.25, 0.3) is 0 Å². The zero-order chi connectivity index (χ0) is 18.0. The molecule has 2 fully saturated rings.